The average molecular weight is 878 g/mol. The number of hydrogen-bond acceptors (Lipinski definition) is 1. The third-order valence-electron chi connectivity index (χ3n) is 14.8. The van der Waals surface area contributed by atoms with Crippen LogP contribution in [0.15, 0.2) is 285 Å². The fraction of sp³-hybridized carbons (Fsp3) is 0.0294. The third-order valence-corrected chi connectivity index (χ3v) is 14.8. The van der Waals surface area contributed by atoms with Crippen molar-refractivity contribution in [3.8, 4) is 44.5 Å². The van der Waals surface area contributed by atoms with Gasteiger partial charge < -0.3 is 4.90 Å². The SMILES string of the molecule is c1ccc(-c2ccccc2-c2cccc(N(c3ccc(C4(c5ccccc5)c5ccccc5-c5ccccc54)cc3)c3ccc4c(c3)-c3ccccc3C4(c3ccccc3)c3ccccc3)c2)cc1. The molecule has 0 amide bonds. The van der Waals surface area contributed by atoms with Crippen LogP contribution in [0.5, 0.6) is 0 Å². The molecule has 0 atom stereocenters. The molecule has 1 nitrogen and oxygen atoms in total. The molecule has 0 aliphatic heterocycles. The summed E-state index contributed by atoms with van der Waals surface area (Å²) in [6, 6.07) is 105. The van der Waals surface area contributed by atoms with E-state index in [1.165, 1.54) is 83.5 Å². The average Bonchev–Trinajstić information content (AvgIpc) is 3.91. The fourth-order valence-corrected chi connectivity index (χ4v) is 12.0. The van der Waals surface area contributed by atoms with E-state index in [0.717, 1.165) is 22.6 Å². The Morgan fingerprint density at radius 3 is 1.06 bits per heavy atom. The first kappa shape index (κ1) is 40.5. The monoisotopic (exact) mass is 877 g/mol. The first-order chi connectivity index (χ1) is 34.2. The van der Waals surface area contributed by atoms with Crippen LogP contribution in [-0.4, -0.2) is 0 Å². The summed E-state index contributed by atoms with van der Waals surface area (Å²) in [7, 11) is 0. The van der Waals surface area contributed by atoms with Crippen molar-refractivity contribution in [2.24, 2.45) is 0 Å². The lowest BCUT2D eigenvalue weighted by atomic mass is 9.67. The predicted octanol–water partition coefficient (Wildman–Crippen LogP) is 17.2. The summed E-state index contributed by atoms with van der Waals surface area (Å²) in [4.78, 5) is 2.46. The van der Waals surface area contributed by atoms with Crippen LogP contribution in [0, 0.1) is 0 Å². The maximum absolute atomic E-state index is 2.46. The lowest BCUT2D eigenvalue weighted by Gasteiger charge is -2.35. The van der Waals surface area contributed by atoms with E-state index in [4.69, 9.17) is 0 Å². The highest BCUT2D eigenvalue weighted by molar-refractivity contribution is 5.92. The molecule has 0 N–H and O–H groups in total. The minimum Gasteiger partial charge on any atom is -0.310 e. The zero-order valence-electron chi connectivity index (χ0n) is 38.1. The van der Waals surface area contributed by atoms with Gasteiger partial charge in [-0.1, -0.05) is 249 Å². The van der Waals surface area contributed by atoms with Gasteiger partial charge in [0, 0.05) is 17.1 Å². The molecule has 0 spiro atoms. The summed E-state index contributed by atoms with van der Waals surface area (Å²) >= 11 is 0. The Morgan fingerprint density at radius 2 is 0.551 bits per heavy atom. The van der Waals surface area contributed by atoms with Crippen molar-refractivity contribution in [2.45, 2.75) is 10.8 Å². The quantitative estimate of drug-likeness (QED) is 0.140. The minimum absolute atomic E-state index is 0.486. The van der Waals surface area contributed by atoms with Gasteiger partial charge in [0.2, 0.25) is 0 Å². The zero-order chi connectivity index (χ0) is 45.8. The van der Waals surface area contributed by atoms with E-state index in [-0.39, 0.29) is 0 Å². The van der Waals surface area contributed by atoms with Crippen LogP contribution in [-0.2, 0) is 10.8 Å². The Morgan fingerprint density at radius 1 is 0.203 bits per heavy atom. The summed E-state index contributed by atoms with van der Waals surface area (Å²) in [6.07, 6.45) is 0. The molecule has 11 aromatic rings. The molecular weight excluding hydrogens is 831 g/mol. The van der Waals surface area contributed by atoms with Crippen LogP contribution in [0.25, 0.3) is 44.5 Å². The first-order valence-corrected chi connectivity index (χ1v) is 24.0. The van der Waals surface area contributed by atoms with Crippen LogP contribution in [0.2, 0.25) is 0 Å². The fourth-order valence-electron chi connectivity index (χ4n) is 12.0. The van der Waals surface area contributed by atoms with Gasteiger partial charge in [-0.3, -0.25) is 0 Å². The molecule has 0 saturated carbocycles. The molecule has 13 rings (SSSR count). The van der Waals surface area contributed by atoms with Gasteiger partial charge in [0.15, 0.2) is 0 Å². The Hall–Kier alpha value is -8.78. The Bertz CT molecular complexity index is 3570. The van der Waals surface area contributed by atoms with E-state index in [1.807, 2.05) is 0 Å². The predicted molar refractivity (Wildman–Crippen MR) is 287 cm³/mol. The lowest BCUT2D eigenvalue weighted by Crippen LogP contribution is -2.28. The van der Waals surface area contributed by atoms with E-state index >= 15 is 0 Å². The molecule has 0 fully saturated rings. The smallest absolute Gasteiger partial charge is 0.0713 e. The van der Waals surface area contributed by atoms with Gasteiger partial charge in [-0.2, -0.15) is 0 Å². The standard InChI is InChI=1S/C68H47N/c1-5-22-48(23-6-1)57-32-13-14-33-58(57)49-24-21-31-55(46-49)69(54-42-40-53(41-43-54)68(52-29-11-4-12-30-52)63-37-18-15-34-59(63)60-35-16-19-38-64(60)68)56-44-45-66-62(47-56)61-36-17-20-39-65(61)67(66,50-25-7-2-8-26-50)51-27-9-3-10-28-51/h1-47H. The molecule has 2 aliphatic rings. The Kier molecular flexibility index (Phi) is 9.70. The molecule has 0 aromatic heterocycles. The van der Waals surface area contributed by atoms with Gasteiger partial charge >= 0.3 is 0 Å². The van der Waals surface area contributed by atoms with Crippen molar-refractivity contribution < 1.29 is 0 Å². The third kappa shape index (κ3) is 6.24. The summed E-state index contributed by atoms with van der Waals surface area (Å²) in [5, 5.41) is 0. The molecule has 0 radical (unpaired) electrons. The van der Waals surface area contributed by atoms with Gasteiger partial charge in [-0.05, 0) is 125 Å². The number of benzene rings is 11. The Balaban J connectivity index is 1.03. The van der Waals surface area contributed by atoms with Crippen LogP contribution in [0.1, 0.15) is 44.5 Å². The number of hydrogen-bond donors (Lipinski definition) is 0. The first-order valence-electron chi connectivity index (χ1n) is 24.0. The van der Waals surface area contributed by atoms with E-state index in [1.54, 1.807) is 0 Å². The van der Waals surface area contributed by atoms with Crippen molar-refractivity contribution in [3.63, 3.8) is 0 Å². The van der Waals surface area contributed by atoms with Crippen LogP contribution in [0.3, 0.4) is 0 Å². The molecule has 69 heavy (non-hydrogen) atoms. The van der Waals surface area contributed by atoms with Gasteiger partial charge in [-0.15, -0.1) is 0 Å². The van der Waals surface area contributed by atoms with E-state index in [2.05, 4.69) is 290 Å². The van der Waals surface area contributed by atoms with E-state index < -0.39 is 10.8 Å². The number of fused-ring (bicyclic) bond motifs is 6. The van der Waals surface area contributed by atoms with Gasteiger partial charge in [0.25, 0.3) is 0 Å². The van der Waals surface area contributed by atoms with Crippen LogP contribution < -0.4 is 4.90 Å². The summed E-state index contributed by atoms with van der Waals surface area (Å²) in [5.41, 5.74) is 22.3. The van der Waals surface area contributed by atoms with Crippen molar-refractivity contribution in [2.75, 3.05) is 4.90 Å². The molecule has 2 aliphatic carbocycles. The van der Waals surface area contributed by atoms with Gasteiger partial charge in [0.1, 0.15) is 0 Å². The van der Waals surface area contributed by atoms with Crippen molar-refractivity contribution >= 4 is 17.1 Å². The van der Waals surface area contributed by atoms with Crippen molar-refractivity contribution in [1.82, 2.24) is 0 Å². The summed E-state index contributed by atoms with van der Waals surface area (Å²) in [5.74, 6) is 0. The molecular formula is C68H47N. The lowest BCUT2D eigenvalue weighted by molar-refractivity contribution is 0.768. The maximum atomic E-state index is 2.46. The summed E-state index contributed by atoms with van der Waals surface area (Å²) in [6.45, 7) is 0. The van der Waals surface area contributed by atoms with Crippen LogP contribution in [0.4, 0.5) is 17.1 Å². The second kappa shape index (κ2) is 16.5. The highest BCUT2D eigenvalue weighted by Gasteiger charge is 2.47. The number of rotatable bonds is 9. The van der Waals surface area contributed by atoms with Crippen molar-refractivity contribution in [3.05, 3.63) is 330 Å². The van der Waals surface area contributed by atoms with E-state index in [0.29, 0.717) is 0 Å². The maximum Gasteiger partial charge on any atom is 0.0713 e. The summed E-state index contributed by atoms with van der Waals surface area (Å²) < 4.78 is 0. The zero-order valence-corrected chi connectivity index (χ0v) is 38.1. The van der Waals surface area contributed by atoms with E-state index in [9.17, 15) is 0 Å². The van der Waals surface area contributed by atoms with Crippen molar-refractivity contribution in [1.29, 1.82) is 0 Å². The molecule has 0 bridgehead atoms. The molecule has 11 aromatic carbocycles. The number of anilines is 3. The van der Waals surface area contributed by atoms with Gasteiger partial charge in [0.05, 0.1) is 10.8 Å². The normalized spacial score (nSPS) is 13.4. The molecule has 1 heteroatoms. The number of nitrogens with zero attached hydrogens (tertiary/aromatic N) is 1. The topological polar surface area (TPSA) is 3.24 Å². The second-order valence-electron chi connectivity index (χ2n) is 18.3. The van der Waals surface area contributed by atoms with Crippen LogP contribution >= 0.6 is 0 Å². The molecule has 0 heterocycles. The Labute approximate surface area is 404 Å². The highest BCUT2D eigenvalue weighted by Crippen LogP contribution is 2.59. The molecule has 0 saturated heterocycles. The molecule has 0 unspecified atom stereocenters. The highest BCUT2D eigenvalue weighted by atomic mass is 15.1. The minimum atomic E-state index is -0.492. The second-order valence-corrected chi connectivity index (χ2v) is 18.3. The molecule has 324 valence electrons. The van der Waals surface area contributed by atoms with Gasteiger partial charge in [-0.25, -0.2) is 0 Å². The largest absolute Gasteiger partial charge is 0.310 e.